The highest BCUT2D eigenvalue weighted by atomic mass is 19.2. The van der Waals surface area contributed by atoms with E-state index in [-0.39, 0.29) is 11.0 Å². The predicted molar refractivity (Wildman–Crippen MR) is 99.8 cm³/mol. The molecule has 2 aromatic heterocycles. The van der Waals surface area contributed by atoms with Crippen LogP contribution in [0, 0.1) is 17.5 Å². The topological polar surface area (TPSA) is 107 Å². The fraction of sp³-hybridized carbons (Fsp3) is 0.278. The van der Waals surface area contributed by atoms with Gasteiger partial charge in [-0.3, -0.25) is 0 Å². The highest BCUT2D eigenvalue weighted by molar-refractivity contribution is 6.03. The van der Waals surface area contributed by atoms with E-state index in [1.54, 1.807) is 43.7 Å². The first-order valence-corrected chi connectivity index (χ1v) is 8.53. The Hall–Kier alpha value is -3.18. The molecular weight excluding hydrogens is 389 g/mol. The van der Waals surface area contributed by atoms with Crippen LogP contribution >= 0.6 is 0 Å². The van der Waals surface area contributed by atoms with Crippen LogP contribution in [0.1, 0.15) is 37.9 Å². The van der Waals surface area contributed by atoms with Crippen molar-refractivity contribution >= 4 is 17.3 Å². The molecule has 11 heteroatoms. The molecule has 0 saturated carbocycles. The van der Waals surface area contributed by atoms with Crippen LogP contribution < -0.4 is 10.8 Å². The monoisotopic (exact) mass is 408 g/mol. The van der Waals surface area contributed by atoms with Gasteiger partial charge in [0, 0.05) is 17.8 Å². The van der Waals surface area contributed by atoms with Crippen LogP contribution in [0.2, 0.25) is 0 Å². The number of rotatable bonds is 4. The summed E-state index contributed by atoms with van der Waals surface area (Å²) < 4.78 is 42.5. The van der Waals surface area contributed by atoms with E-state index in [4.69, 9.17) is 4.84 Å². The molecule has 4 rings (SSSR count). The first kappa shape index (κ1) is 20.6. The Morgan fingerprint density at radius 3 is 2.69 bits per heavy atom. The summed E-state index contributed by atoms with van der Waals surface area (Å²) in [7, 11) is 0. The summed E-state index contributed by atoms with van der Waals surface area (Å²) in [5.74, 6) is -2.33. The predicted octanol–water partition coefficient (Wildman–Crippen LogP) is 2.51. The lowest BCUT2D eigenvalue weighted by Gasteiger charge is -2.16. The van der Waals surface area contributed by atoms with Crippen LogP contribution in [0.15, 0.2) is 35.6 Å². The lowest BCUT2D eigenvalue weighted by Crippen LogP contribution is -2.23. The Labute approximate surface area is 163 Å². The number of anilines is 1. The summed E-state index contributed by atoms with van der Waals surface area (Å²) in [6.45, 7) is 5.18. The number of nitrogens with one attached hydrogen (secondary N) is 2. The molecular formula is C18H19F3N6O2. The van der Waals surface area contributed by atoms with Gasteiger partial charge in [0.2, 0.25) is 0 Å². The molecule has 1 aliphatic rings. The fourth-order valence-corrected chi connectivity index (χ4v) is 2.91. The van der Waals surface area contributed by atoms with Crippen molar-refractivity contribution in [3.63, 3.8) is 0 Å². The Balaban J connectivity index is 0.00000240. The first-order valence-electron chi connectivity index (χ1n) is 8.53. The number of hydroxylamine groups is 1. The molecule has 154 valence electrons. The van der Waals surface area contributed by atoms with Crippen molar-refractivity contribution in [2.45, 2.75) is 32.5 Å². The van der Waals surface area contributed by atoms with Crippen LogP contribution in [0.25, 0.3) is 5.65 Å². The quantitative estimate of drug-likeness (QED) is 0.645. The second kappa shape index (κ2) is 7.33. The van der Waals surface area contributed by atoms with E-state index >= 15 is 0 Å². The number of halogens is 3. The van der Waals surface area contributed by atoms with Gasteiger partial charge in [0.05, 0.1) is 17.8 Å². The third kappa shape index (κ3) is 3.87. The molecule has 8 nitrogen and oxygen atoms in total. The summed E-state index contributed by atoms with van der Waals surface area (Å²) in [5.41, 5.74) is 3.00. The minimum atomic E-state index is -1.24. The average molecular weight is 408 g/mol. The minimum Gasteiger partial charge on any atom is -0.412 e. The fourth-order valence-electron chi connectivity index (χ4n) is 2.91. The number of hydrogen-bond donors (Lipinski definition) is 2. The Bertz CT molecular complexity index is 1100. The van der Waals surface area contributed by atoms with E-state index in [0.29, 0.717) is 28.9 Å². The third-order valence-electron chi connectivity index (χ3n) is 4.25. The molecule has 0 fully saturated rings. The normalized spacial score (nSPS) is 16.1. The highest BCUT2D eigenvalue weighted by Gasteiger charge is 2.28. The molecule has 0 spiro atoms. The molecule has 1 aromatic carbocycles. The number of fused-ring (bicyclic) bond motifs is 1. The van der Waals surface area contributed by atoms with E-state index in [2.05, 4.69) is 25.9 Å². The van der Waals surface area contributed by atoms with Crippen LogP contribution in [-0.4, -0.2) is 31.6 Å². The Morgan fingerprint density at radius 1 is 1.24 bits per heavy atom. The van der Waals surface area contributed by atoms with Crippen molar-refractivity contribution in [2.24, 2.45) is 4.99 Å². The van der Waals surface area contributed by atoms with Crippen molar-refractivity contribution in [1.82, 2.24) is 20.1 Å². The average Bonchev–Trinajstić information content (AvgIpc) is 3.20. The van der Waals surface area contributed by atoms with Crippen molar-refractivity contribution < 1.29 is 23.5 Å². The zero-order valence-electron chi connectivity index (χ0n) is 15.8. The van der Waals surface area contributed by atoms with E-state index in [9.17, 15) is 13.2 Å². The molecule has 0 bridgehead atoms. The molecule has 0 saturated heterocycles. The number of aromatic nitrogens is 3. The van der Waals surface area contributed by atoms with Gasteiger partial charge in [0.15, 0.2) is 28.8 Å². The van der Waals surface area contributed by atoms with Gasteiger partial charge in [-0.25, -0.2) is 38.0 Å². The largest absolute Gasteiger partial charge is 0.412 e. The molecule has 4 N–H and O–H groups in total. The van der Waals surface area contributed by atoms with Crippen molar-refractivity contribution in [3.05, 3.63) is 59.2 Å². The van der Waals surface area contributed by atoms with Crippen LogP contribution in [0.4, 0.5) is 19.0 Å². The minimum absolute atomic E-state index is 0. The van der Waals surface area contributed by atoms with Crippen LogP contribution in [-0.2, 0) is 4.84 Å². The van der Waals surface area contributed by atoms with Crippen molar-refractivity contribution in [3.8, 4) is 0 Å². The van der Waals surface area contributed by atoms with Gasteiger partial charge in [-0.1, -0.05) is 0 Å². The SMILES string of the molecule is C[C@@H](Nc1ccn2ncc(C3=NC(C)(C)ON3)c2n1)c1cc(F)cc(F)c1F.O. The number of benzene rings is 1. The second-order valence-corrected chi connectivity index (χ2v) is 6.91. The molecule has 3 aromatic rings. The maximum atomic E-state index is 14.0. The van der Waals surface area contributed by atoms with Gasteiger partial charge in [-0.05, 0) is 32.9 Å². The first-order chi connectivity index (χ1) is 13.2. The zero-order chi connectivity index (χ0) is 20.1. The summed E-state index contributed by atoms with van der Waals surface area (Å²) in [5, 5.41) is 7.17. The van der Waals surface area contributed by atoms with Gasteiger partial charge in [-0.15, -0.1) is 0 Å². The number of hydrogen-bond acceptors (Lipinski definition) is 6. The van der Waals surface area contributed by atoms with Crippen LogP contribution in [0.5, 0.6) is 0 Å². The molecule has 29 heavy (non-hydrogen) atoms. The molecule has 0 aliphatic carbocycles. The molecule has 1 atom stereocenters. The lowest BCUT2D eigenvalue weighted by molar-refractivity contribution is -0.0269. The molecule has 3 heterocycles. The number of aliphatic imine (C=N–C) groups is 1. The standard InChI is InChI=1S/C18H17F3N6O.H2O/c1-9(11-6-10(19)7-13(20)15(11)21)23-14-4-5-27-17(24-14)12(8-22-27)16-25-18(2,3)28-26-16;/h4-9H,1-3H3,(H,23,24)(H,25,26);1H2/t9-;/m1./s1. The maximum absolute atomic E-state index is 14.0. The zero-order valence-corrected chi connectivity index (χ0v) is 15.8. The summed E-state index contributed by atoms with van der Waals surface area (Å²) >= 11 is 0. The Kier molecular flexibility index (Phi) is 5.20. The molecule has 0 amide bonds. The van der Waals surface area contributed by atoms with Gasteiger partial charge in [0.1, 0.15) is 11.6 Å². The van der Waals surface area contributed by atoms with E-state index in [1.165, 1.54) is 0 Å². The summed E-state index contributed by atoms with van der Waals surface area (Å²) in [6, 6.07) is 2.36. The van der Waals surface area contributed by atoms with E-state index < -0.39 is 29.2 Å². The van der Waals surface area contributed by atoms with Crippen molar-refractivity contribution in [1.29, 1.82) is 0 Å². The van der Waals surface area contributed by atoms with Gasteiger partial charge in [0.25, 0.3) is 0 Å². The Morgan fingerprint density at radius 2 is 2.00 bits per heavy atom. The van der Waals surface area contributed by atoms with E-state index in [1.807, 2.05) is 0 Å². The number of amidine groups is 1. The van der Waals surface area contributed by atoms with Crippen molar-refractivity contribution in [2.75, 3.05) is 5.32 Å². The van der Waals surface area contributed by atoms with Gasteiger partial charge < -0.3 is 10.8 Å². The third-order valence-corrected chi connectivity index (χ3v) is 4.25. The smallest absolute Gasteiger partial charge is 0.182 e. The maximum Gasteiger partial charge on any atom is 0.182 e. The summed E-state index contributed by atoms with van der Waals surface area (Å²) in [4.78, 5) is 14.3. The number of nitrogens with zero attached hydrogens (tertiary/aromatic N) is 4. The van der Waals surface area contributed by atoms with E-state index in [0.717, 1.165) is 6.07 Å². The van der Waals surface area contributed by atoms with Gasteiger partial charge >= 0.3 is 0 Å². The lowest BCUT2D eigenvalue weighted by atomic mass is 10.1. The van der Waals surface area contributed by atoms with Crippen LogP contribution in [0.3, 0.4) is 0 Å². The summed E-state index contributed by atoms with van der Waals surface area (Å²) in [6.07, 6.45) is 3.25. The second-order valence-electron chi connectivity index (χ2n) is 6.91. The molecule has 0 unspecified atom stereocenters. The van der Waals surface area contributed by atoms with Gasteiger partial charge in [-0.2, -0.15) is 5.10 Å². The molecule has 1 aliphatic heterocycles. The molecule has 0 radical (unpaired) electrons. The highest BCUT2D eigenvalue weighted by Crippen LogP contribution is 2.25.